The second kappa shape index (κ2) is 9.69. The van der Waals surface area contributed by atoms with Gasteiger partial charge in [0.2, 0.25) is 5.91 Å². The first kappa shape index (κ1) is 23.5. The highest BCUT2D eigenvalue weighted by molar-refractivity contribution is 7.99. The first-order chi connectivity index (χ1) is 15.7. The van der Waals surface area contributed by atoms with Crippen LogP contribution < -0.4 is 5.56 Å². The summed E-state index contributed by atoms with van der Waals surface area (Å²) in [6.07, 6.45) is 0.467. The molecule has 1 atom stereocenters. The number of thioether (sulfide) groups is 1. The number of rotatable bonds is 7. The zero-order valence-corrected chi connectivity index (χ0v) is 20.3. The molecule has 1 aliphatic heterocycles. The summed E-state index contributed by atoms with van der Waals surface area (Å²) in [4.78, 5) is 32.9. The van der Waals surface area contributed by atoms with Gasteiger partial charge in [0.1, 0.15) is 0 Å². The van der Waals surface area contributed by atoms with E-state index in [1.807, 2.05) is 50.2 Å². The Labute approximate surface area is 197 Å². The van der Waals surface area contributed by atoms with Crippen LogP contribution in [0.15, 0.2) is 64.5 Å². The van der Waals surface area contributed by atoms with Gasteiger partial charge in [0, 0.05) is 12.6 Å². The number of fused-ring (bicyclic) bond motifs is 1. The molecule has 33 heavy (non-hydrogen) atoms. The third kappa shape index (κ3) is 5.30. The molecule has 4 rings (SSSR count). The second-order valence-electron chi connectivity index (χ2n) is 8.67. The van der Waals surface area contributed by atoms with E-state index >= 15 is 0 Å². The zero-order valence-electron chi connectivity index (χ0n) is 18.7. The van der Waals surface area contributed by atoms with Crippen LogP contribution in [0.5, 0.6) is 0 Å². The minimum absolute atomic E-state index is 0.0130. The van der Waals surface area contributed by atoms with Crippen LogP contribution in [-0.2, 0) is 14.6 Å². The summed E-state index contributed by atoms with van der Waals surface area (Å²) in [6.45, 7) is 4.51. The summed E-state index contributed by atoms with van der Waals surface area (Å²) in [5, 5.41) is 0.941. The van der Waals surface area contributed by atoms with Crippen LogP contribution in [0.25, 0.3) is 16.6 Å². The molecule has 0 aliphatic carbocycles. The Balaban J connectivity index is 1.65. The Morgan fingerprint density at radius 1 is 1.15 bits per heavy atom. The molecule has 1 aliphatic rings. The van der Waals surface area contributed by atoms with Crippen LogP contribution >= 0.6 is 11.8 Å². The summed E-state index contributed by atoms with van der Waals surface area (Å²) in [5.41, 5.74) is 1.06. The molecule has 2 aromatic carbocycles. The fraction of sp³-hybridized carbons (Fsp3) is 0.375. The summed E-state index contributed by atoms with van der Waals surface area (Å²) in [7, 11) is -3.11. The van der Waals surface area contributed by atoms with Gasteiger partial charge in [-0.3, -0.25) is 14.2 Å². The molecule has 1 unspecified atom stereocenters. The van der Waals surface area contributed by atoms with Crippen LogP contribution in [0.3, 0.4) is 0 Å². The summed E-state index contributed by atoms with van der Waals surface area (Å²) in [6, 6.07) is 16.1. The number of aromatic nitrogens is 2. The third-order valence-corrected chi connectivity index (χ3v) is 8.29. The molecule has 3 aromatic rings. The summed E-state index contributed by atoms with van der Waals surface area (Å²) in [5.74, 6) is 0.272. The molecule has 1 fully saturated rings. The predicted octanol–water partition coefficient (Wildman–Crippen LogP) is 3.15. The lowest BCUT2D eigenvalue weighted by Gasteiger charge is -2.30. The van der Waals surface area contributed by atoms with E-state index in [1.54, 1.807) is 23.1 Å². The molecule has 0 N–H and O–H groups in total. The lowest BCUT2D eigenvalue weighted by Crippen LogP contribution is -2.44. The molecule has 7 nitrogen and oxygen atoms in total. The number of hydrogen-bond donors (Lipinski definition) is 0. The summed E-state index contributed by atoms with van der Waals surface area (Å²) < 4.78 is 25.5. The van der Waals surface area contributed by atoms with E-state index in [4.69, 9.17) is 0 Å². The van der Waals surface area contributed by atoms with Crippen LogP contribution in [0.4, 0.5) is 0 Å². The van der Waals surface area contributed by atoms with Crippen molar-refractivity contribution in [2.45, 2.75) is 31.5 Å². The molecule has 9 heteroatoms. The van der Waals surface area contributed by atoms with Gasteiger partial charge >= 0.3 is 0 Å². The molecule has 1 saturated heterocycles. The van der Waals surface area contributed by atoms with E-state index in [1.165, 1.54) is 16.3 Å². The van der Waals surface area contributed by atoms with Gasteiger partial charge in [0.05, 0.1) is 33.8 Å². The van der Waals surface area contributed by atoms with Gasteiger partial charge in [0.25, 0.3) is 5.56 Å². The van der Waals surface area contributed by atoms with Crippen LogP contribution in [0.2, 0.25) is 0 Å². The van der Waals surface area contributed by atoms with E-state index in [0.29, 0.717) is 34.7 Å². The monoisotopic (exact) mass is 485 g/mol. The molecule has 1 aromatic heterocycles. The maximum Gasteiger partial charge on any atom is 0.266 e. The highest BCUT2D eigenvalue weighted by atomic mass is 32.2. The van der Waals surface area contributed by atoms with Crippen molar-refractivity contribution >= 4 is 38.4 Å². The number of benzene rings is 2. The molecular weight excluding hydrogens is 458 g/mol. The maximum absolute atomic E-state index is 13.3. The van der Waals surface area contributed by atoms with Crippen molar-refractivity contribution in [2.24, 2.45) is 5.92 Å². The molecule has 0 saturated carbocycles. The van der Waals surface area contributed by atoms with Crippen molar-refractivity contribution < 1.29 is 13.2 Å². The average Bonchev–Trinajstić information content (AvgIpc) is 3.15. The van der Waals surface area contributed by atoms with Crippen LogP contribution in [0.1, 0.15) is 20.3 Å². The van der Waals surface area contributed by atoms with Crippen molar-refractivity contribution in [1.29, 1.82) is 0 Å². The minimum Gasteiger partial charge on any atom is -0.338 e. The second-order valence-corrected chi connectivity index (χ2v) is 11.8. The van der Waals surface area contributed by atoms with E-state index in [2.05, 4.69) is 4.98 Å². The van der Waals surface area contributed by atoms with Gasteiger partial charge in [-0.05, 0) is 36.6 Å². The van der Waals surface area contributed by atoms with Crippen LogP contribution in [0, 0.1) is 5.92 Å². The Morgan fingerprint density at radius 3 is 2.52 bits per heavy atom. The molecule has 0 spiro atoms. The standard InChI is InChI=1S/C24H27N3O4S2/c1-17(2)14-26(19-12-13-33(30,31)16-19)22(28)15-32-24-25-21-11-7-6-10-20(21)23(29)27(24)18-8-4-3-5-9-18/h3-11,17,19H,12-16H2,1-2H3. The molecule has 0 radical (unpaired) electrons. The number of carbonyl (C=O) groups is 1. The molecule has 174 valence electrons. The number of hydrogen-bond acceptors (Lipinski definition) is 6. The molecule has 0 bridgehead atoms. The number of amides is 1. The smallest absolute Gasteiger partial charge is 0.266 e. The van der Waals surface area contributed by atoms with E-state index in [-0.39, 0.29) is 40.7 Å². The quantitative estimate of drug-likeness (QED) is 0.377. The highest BCUT2D eigenvalue weighted by Gasteiger charge is 2.35. The van der Waals surface area contributed by atoms with Gasteiger partial charge in [-0.1, -0.05) is 55.9 Å². The summed E-state index contributed by atoms with van der Waals surface area (Å²) >= 11 is 1.20. The highest BCUT2D eigenvalue weighted by Crippen LogP contribution is 2.24. The minimum atomic E-state index is -3.11. The first-order valence-electron chi connectivity index (χ1n) is 10.9. The van der Waals surface area contributed by atoms with Gasteiger partial charge in [-0.15, -0.1) is 0 Å². The number of carbonyl (C=O) groups excluding carboxylic acids is 1. The molecule has 2 heterocycles. The zero-order chi connectivity index (χ0) is 23.6. The topological polar surface area (TPSA) is 89.3 Å². The van der Waals surface area contributed by atoms with Gasteiger partial charge in [-0.25, -0.2) is 13.4 Å². The normalized spacial score (nSPS) is 17.5. The van der Waals surface area contributed by atoms with E-state index in [9.17, 15) is 18.0 Å². The van der Waals surface area contributed by atoms with Crippen molar-refractivity contribution in [3.05, 3.63) is 65.0 Å². The fourth-order valence-electron chi connectivity index (χ4n) is 4.09. The molecular formula is C24H27N3O4S2. The van der Waals surface area contributed by atoms with E-state index in [0.717, 1.165) is 0 Å². The third-order valence-electron chi connectivity index (χ3n) is 5.62. The SMILES string of the molecule is CC(C)CN(C(=O)CSc1nc2ccccc2c(=O)n1-c1ccccc1)C1CCS(=O)(=O)C1. The Kier molecular flexibility index (Phi) is 6.90. The Hall–Kier alpha value is -2.65. The van der Waals surface area contributed by atoms with Crippen molar-refractivity contribution in [3.63, 3.8) is 0 Å². The lowest BCUT2D eigenvalue weighted by molar-refractivity contribution is -0.130. The van der Waals surface area contributed by atoms with E-state index < -0.39 is 9.84 Å². The van der Waals surface area contributed by atoms with Gasteiger partial charge < -0.3 is 4.90 Å². The van der Waals surface area contributed by atoms with Crippen LogP contribution in [-0.4, -0.2) is 58.6 Å². The predicted molar refractivity (Wildman–Crippen MR) is 132 cm³/mol. The maximum atomic E-state index is 13.3. The van der Waals surface area contributed by atoms with Gasteiger partial charge in [0.15, 0.2) is 15.0 Å². The average molecular weight is 486 g/mol. The molecule has 1 amide bonds. The number of nitrogens with zero attached hydrogens (tertiary/aromatic N) is 3. The Morgan fingerprint density at radius 2 is 1.85 bits per heavy atom. The first-order valence-corrected chi connectivity index (χ1v) is 13.8. The number of para-hydroxylation sites is 2. The largest absolute Gasteiger partial charge is 0.338 e. The van der Waals surface area contributed by atoms with Crippen molar-refractivity contribution in [1.82, 2.24) is 14.5 Å². The van der Waals surface area contributed by atoms with Gasteiger partial charge in [-0.2, -0.15) is 0 Å². The fourth-order valence-corrected chi connectivity index (χ4v) is 6.72. The lowest BCUT2D eigenvalue weighted by atomic mass is 10.1. The Bertz CT molecular complexity index is 1320. The van der Waals surface area contributed by atoms with Crippen molar-refractivity contribution in [3.8, 4) is 5.69 Å². The van der Waals surface area contributed by atoms with Crippen molar-refractivity contribution in [2.75, 3.05) is 23.8 Å². The number of sulfone groups is 1.